The number of carboxylic acid groups (broad SMARTS) is 1. The van der Waals surface area contributed by atoms with Crippen LogP contribution in [0.1, 0.15) is 18.4 Å². The molecule has 1 aromatic carbocycles. The van der Waals surface area contributed by atoms with E-state index in [0.717, 1.165) is 0 Å². The molecule has 1 N–H and O–H groups in total. The molecule has 102 valence electrons. The number of carbonyl (C=O) groups excluding carboxylic acids is 1. The predicted octanol–water partition coefficient (Wildman–Crippen LogP) is 2.21. The number of rotatable bonds is 3. The van der Waals surface area contributed by atoms with Crippen molar-refractivity contribution in [3.8, 4) is 0 Å². The van der Waals surface area contributed by atoms with Crippen LogP contribution in [0.4, 0.5) is 4.39 Å². The monoisotopic (exact) mass is 329 g/mol. The van der Waals surface area contributed by atoms with Gasteiger partial charge in [0.05, 0.1) is 10.9 Å². The van der Waals surface area contributed by atoms with E-state index in [4.69, 9.17) is 5.11 Å². The predicted molar refractivity (Wildman–Crippen MR) is 70.2 cm³/mol. The van der Waals surface area contributed by atoms with Crippen LogP contribution in [0, 0.1) is 5.82 Å². The van der Waals surface area contributed by atoms with E-state index in [-0.39, 0.29) is 12.3 Å². The van der Waals surface area contributed by atoms with Crippen molar-refractivity contribution in [1.29, 1.82) is 0 Å². The molecule has 0 bridgehead atoms. The number of nitrogens with zero attached hydrogens (tertiary/aromatic N) is 1. The molecule has 0 spiro atoms. The molecule has 1 aliphatic heterocycles. The molecule has 4 nitrogen and oxygen atoms in total. The average molecular weight is 330 g/mol. The fraction of sp³-hybridized carbons (Fsp3) is 0.385. The molecule has 0 saturated carbocycles. The molecule has 0 aliphatic carbocycles. The van der Waals surface area contributed by atoms with Gasteiger partial charge in [0.15, 0.2) is 0 Å². The standard InChI is InChI=1S/C13H13BrFNO3/c14-9-4-3-8(6-10(9)15)7-12(17)16-5-1-2-11(16)13(18)19/h3-4,6,11H,1-2,5,7H2,(H,18,19)/t11-/m1/s1. The van der Waals surface area contributed by atoms with Crippen molar-refractivity contribution in [2.24, 2.45) is 0 Å². The van der Waals surface area contributed by atoms with E-state index in [1.54, 1.807) is 6.07 Å². The van der Waals surface area contributed by atoms with Crippen molar-refractivity contribution >= 4 is 27.8 Å². The summed E-state index contributed by atoms with van der Waals surface area (Å²) in [4.78, 5) is 24.4. The largest absolute Gasteiger partial charge is 0.480 e. The van der Waals surface area contributed by atoms with Gasteiger partial charge in [0, 0.05) is 6.54 Å². The zero-order valence-corrected chi connectivity index (χ0v) is 11.7. The van der Waals surface area contributed by atoms with Crippen molar-refractivity contribution in [1.82, 2.24) is 4.90 Å². The molecule has 1 aromatic rings. The lowest BCUT2D eigenvalue weighted by Crippen LogP contribution is -2.41. The summed E-state index contributed by atoms with van der Waals surface area (Å²) in [7, 11) is 0. The molecule has 0 aromatic heterocycles. The van der Waals surface area contributed by atoms with Gasteiger partial charge in [0.2, 0.25) is 5.91 Å². The second kappa shape index (κ2) is 5.69. The smallest absolute Gasteiger partial charge is 0.326 e. The molecule has 1 aliphatic rings. The van der Waals surface area contributed by atoms with Gasteiger partial charge >= 0.3 is 5.97 Å². The average Bonchev–Trinajstić information content (AvgIpc) is 2.83. The first-order valence-corrected chi connectivity index (χ1v) is 6.74. The molecule has 1 fully saturated rings. The summed E-state index contributed by atoms with van der Waals surface area (Å²) < 4.78 is 13.7. The Balaban J connectivity index is 2.08. The second-order valence-corrected chi connectivity index (χ2v) is 5.36. The SMILES string of the molecule is O=C(O)[C@H]1CCCN1C(=O)Cc1ccc(Br)c(F)c1. The number of carboxylic acids is 1. The zero-order valence-electron chi connectivity index (χ0n) is 10.1. The Morgan fingerprint density at radius 1 is 1.47 bits per heavy atom. The van der Waals surface area contributed by atoms with E-state index in [1.165, 1.54) is 17.0 Å². The van der Waals surface area contributed by atoms with E-state index < -0.39 is 17.8 Å². The van der Waals surface area contributed by atoms with Gasteiger partial charge in [-0.25, -0.2) is 9.18 Å². The Morgan fingerprint density at radius 2 is 2.21 bits per heavy atom. The quantitative estimate of drug-likeness (QED) is 0.924. The Morgan fingerprint density at radius 3 is 2.84 bits per heavy atom. The highest BCUT2D eigenvalue weighted by Gasteiger charge is 2.33. The van der Waals surface area contributed by atoms with Crippen LogP contribution in [0.5, 0.6) is 0 Å². The minimum Gasteiger partial charge on any atom is -0.480 e. The summed E-state index contributed by atoms with van der Waals surface area (Å²) in [6, 6.07) is 3.73. The van der Waals surface area contributed by atoms with Crippen LogP contribution in [0.25, 0.3) is 0 Å². The lowest BCUT2D eigenvalue weighted by molar-refractivity contribution is -0.148. The van der Waals surface area contributed by atoms with Crippen LogP contribution in [-0.4, -0.2) is 34.5 Å². The minimum atomic E-state index is -0.979. The lowest BCUT2D eigenvalue weighted by Gasteiger charge is -2.21. The maximum atomic E-state index is 13.3. The van der Waals surface area contributed by atoms with Gasteiger partial charge in [0.25, 0.3) is 0 Å². The molecule has 0 unspecified atom stereocenters. The van der Waals surface area contributed by atoms with Gasteiger partial charge in [-0.3, -0.25) is 4.79 Å². The molecular weight excluding hydrogens is 317 g/mol. The number of aliphatic carboxylic acids is 1. The number of carbonyl (C=O) groups is 2. The first kappa shape index (κ1) is 14.0. The third-order valence-electron chi connectivity index (χ3n) is 3.20. The van der Waals surface area contributed by atoms with Gasteiger partial charge in [-0.15, -0.1) is 0 Å². The van der Waals surface area contributed by atoms with Gasteiger partial charge < -0.3 is 10.0 Å². The molecule has 1 amide bonds. The van der Waals surface area contributed by atoms with Crippen LogP contribution >= 0.6 is 15.9 Å². The first-order chi connectivity index (χ1) is 8.99. The normalized spacial score (nSPS) is 18.6. The van der Waals surface area contributed by atoms with E-state index in [1.807, 2.05) is 0 Å². The van der Waals surface area contributed by atoms with Gasteiger partial charge in [-0.2, -0.15) is 0 Å². The molecule has 1 atom stereocenters. The molecule has 1 saturated heterocycles. The zero-order chi connectivity index (χ0) is 14.0. The molecular formula is C13H13BrFNO3. The third-order valence-corrected chi connectivity index (χ3v) is 3.84. The van der Waals surface area contributed by atoms with Gasteiger partial charge in [0.1, 0.15) is 11.9 Å². The number of amides is 1. The van der Waals surface area contributed by atoms with Crippen molar-refractivity contribution in [3.63, 3.8) is 0 Å². The summed E-state index contributed by atoms with van der Waals surface area (Å²) in [5, 5.41) is 9.02. The van der Waals surface area contributed by atoms with Crippen molar-refractivity contribution in [2.75, 3.05) is 6.54 Å². The molecule has 0 radical (unpaired) electrons. The maximum absolute atomic E-state index is 13.3. The summed E-state index contributed by atoms with van der Waals surface area (Å²) in [6.45, 7) is 0.453. The third kappa shape index (κ3) is 3.12. The Labute approximate surface area is 118 Å². The molecule has 2 rings (SSSR count). The van der Waals surface area contributed by atoms with Crippen LogP contribution in [0.2, 0.25) is 0 Å². The molecule has 19 heavy (non-hydrogen) atoms. The summed E-state index contributed by atoms with van der Waals surface area (Å²) in [5.41, 5.74) is 0.543. The fourth-order valence-corrected chi connectivity index (χ4v) is 2.49. The van der Waals surface area contributed by atoms with Crippen LogP contribution in [-0.2, 0) is 16.0 Å². The molecule has 6 heteroatoms. The second-order valence-electron chi connectivity index (χ2n) is 4.51. The summed E-state index contributed by atoms with van der Waals surface area (Å²) >= 11 is 3.04. The van der Waals surface area contributed by atoms with Crippen molar-refractivity contribution in [3.05, 3.63) is 34.1 Å². The van der Waals surface area contributed by atoms with Gasteiger partial charge in [-0.05, 0) is 46.5 Å². The summed E-state index contributed by atoms with van der Waals surface area (Å²) in [5.74, 6) is -1.68. The van der Waals surface area contributed by atoms with E-state index in [9.17, 15) is 14.0 Å². The number of hydrogen-bond donors (Lipinski definition) is 1. The highest BCUT2D eigenvalue weighted by atomic mass is 79.9. The summed E-state index contributed by atoms with van der Waals surface area (Å²) in [6.07, 6.45) is 1.20. The van der Waals surface area contributed by atoms with E-state index >= 15 is 0 Å². The van der Waals surface area contributed by atoms with Crippen molar-refractivity contribution < 1.29 is 19.1 Å². The highest BCUT2D eigenvalue weighted by molar-refractivity contribution is 9.10. The van der Waals surface area contributed by atoms with Crippen LogP contribution < -0.4 is 0 Å². The minimum absolute atomic E-state index is 0.0218. The van der Waals surface area contributed by atoms with E-state index in [0.29, 0.717) is 29.4 Å². The Hall–Kier alpha value is -1.43. The number of hydrogen-bond acceptors (Lipinski definition) is 2. The van der Waals surface area contributed by atoms with E-state index in [2.05, 4.69) is 15.9 Å². The molecule has 1 heterocycles. The first-order valence-electron chi connectivity index (χ1n) is 5.95. The Kier molecular flexibility index (Phi) is 4.19. The van der Waals surface area contributed by atoms with Crippen molar-refractivity contribution in [2.45, 2.75) is 25.3 Å². The van der Waals surface area contributed by atoms with Crippen LogP contribution in [0.15, 0.2) is 22.7 Å². The lowest BCUT2D eigenvalue weighted by atomic mass is 10.1. The number of halogens is 2. The van der Waals surface area contributed by atoms with Gasteiger partial charge in [-0.1, -0.05) is 6.07 Å². The number of benzene rings is 1. The maximum Gasteiger partial charge on any atom is 0.326 e. The fourth-order valence-electron chi connectivity index (χ4n) is 2.25. The highest BCUT2D eigenvalue weighted by Crippen LogP contribution is 2.20. The number of likely N-dealkylation sites (tertiary alicyclic amines) is 1. The van der Waals surface area contributed by atoms with Crippen LogP contribution in [0.3, 0.4) is 0 Å². The topological polar surface area (TPSA) is 57.6 Å². The Bertz CT molecular complexity index is 521.